The standard InChI is InChI=1S/C33H18N2O/c1-2-8-21-19(7-1)13-14-20-15-16-29-32(31(20)21)25-17-23-22-9-3-5-11-27(22)35-28-12-6-4-10-26(28)34-33(35)24(23)18-30(25)36-29/h1-18H. The molecule has 0 radical (unpaired) electrons. The molecule has 9 rings (SSSR count). The van der Waals surface area contributed by atoms with Crippen molar-refractivity contribution in [2.45, 2.75) is 0 Å². The normalized spacial score (nSPS) is 12.4. The average Bonchev–Trinajstić information content (AvgIpc) is 3.50. The zero-order chi connectivity index (χ0) is 23.4. The first-order chi connectivity index (χ1) is 17.8. The first kappa shape index (κ1) is 18.4. The number of aromatic nitrogens is 2. The Labute approximate surface area is 204 Å². The van der Waals surface area contributed by atoms with Gasteiger partial charge in [0.05, 0.1) is 16.6 Å². The summed E-state index contributed by atoms with van der Waals surface area (Å²) in [5, 5.41) is 10.8. The molecule has 0 saturated heterocycles. The number of pyridine rings is 1. The molecule has 3 nitrogen and oxygen atoms in total. The minimum absolute atomic E-state index is 0.891. The third-order valence-electron chi connectivity index (χ3n) is 7.72. The molecule has 0 atom stereocenters. The predicted molar refractivity (Wildman–Crippen MR) is 150 cm³/mol. The quantitative estimate of drug-likeness (QED) is 0.212. The van der Waals surface area contributed by atoms with Crippen molar-refractivity contribution in [2.75, 3.05) is 0 Å². The van der Waals surface area contributed by atoms with Crippen LogP contribution in [0.1, 0.15) is 0 Å². The summed E-state index contributed by atoms with van der Waals surface area (Å²) in [4.78, 5) is 5.07. The second-order valence-electron chi connectivity index (χ2n) is 9.60. The van der Waals surface area contributed by atoms with Crippen LogP contribution in [0.4, 0.5) is 0 Å². The smallest absolute Gasteiger partial charge is 0.146 e. The molecular formula is C33H18N2O. The molecule has 3 aromatic heterocycles. The zero-order valence-corrected chi connectivity index (χ0v) is 19.2. The lowest BCUT2D eigenvalue weighted by molar-refractivity contribution is 0.670. The molecule has 9 aromatic rings. The molecule has 0 saturated carbocycles. The third-order valence-corrected chi connectivity index (χ3v) is 7.72. The van der Waals surface area contributed by atoms with E-state index < -0.39 is 0 Å². The van der Waals surface area contributed by atoms with Crippen molar-refractivity contribution in [2.24, 2.45) is 0 Å². The predicted octanol–water partition coefficient (Wildman–Crippen LogP) is 9.00. The van der Waals surface area contributed by atoms with Gasteiger partial charge >= 0.3 is 0 Å². The highest BCUT2D eigenvalue weighted by atomic mass is 16.3. The lowest BCUT2D eigenvalue weighted by Gasteiger charge is -2.09. The zero-order valence-electron chi connectivity index (χ0n) is 19.2. The van der Waals surface area contributed by atoms with Crippen LogP contribution in [-0.2, 0) is 0 Å². The van der Waals surface area contributed by atoms with E-state index in [2.05, 4.69) is 108 Å². The monoisotopic (exact) mass is 458 g/mol. The SMILES string of the molecule is c1ccc2c(c1)ccc1ccc3oc4cc5c(cc4c3c12)c1ccccc1n1c2ccccc2nc51. The Hall–Kier alpha value is -4.89. The van der Waals surface area contributed by atoms with Crippen LogP contribution in [-0.4, -0.2) is 9.38 Å². The molecule has 0 fully saturated rings. The van der Waals surface area contributed by atoms with Gasteiger partial charge < -0.3 is 4.42 Å². The Morgan fingerprint density at radius 2 is 1.25 bits per heavy atom. The summed E-state index contributed by atoms with van der Waals surface area (Å²) in [5.41, 5.74) is 6.05. The summed E-state index contributed by atoms with van der Waals surface area (Å²) >= 11 is 0. The van der Waals surface area contributed by atoms with E-state index in [9.17, 15) is 0 Å². The number of hydrogen-bond acceptors (Lipinski definition) is 2. The molecule has 166 valence electrons. The van der Waals surface area contributed by atoms with Gasteiger partial charge in [0.15, 0.2) is 0 Å². The molecule has 3 heteroatoms. The molecule has 36 heavy (non-hydrogen) atoms. The van der Waals surface area contributed by atoms with E-state index >= 15 is 0 Å². The number of para-hydroxylation sites is 3. The van der Waals surface area contributed by atoms with Gasteiger partial charge in [0.2, 0.25) is 0 Å². The van der Waals surface area contributed by atoms with Crippen molar-refractivity contribution < 1.29 is 4.42 Å². The van der Waals surface area contributed by atoms with Gasteiger partial charge in [-0.2, -0.15) is 0 Å². The number of hydrogen-bond donors (Lipinski definition) is 0. The first-order valence-electron chi connectivity index (χ1n) is 12.2. The maximum atomic E-state index is 6.52. The molecule has 0 bridgehead atoms. The third kappa shape index (κ3) is 2.21. The molecule has 0 unspecified atom stereocenters. The van der Waals surface area contributed by atoms with Gasteiger partial charge in [-0.15, -0.1) is 0 Å². The Balaban J connectivity index is 1.56. The molecule has 6 aromatic carbocycles. The summed E-state index contributed by atoms with van der Waals surface area (Å²) in [5.74, 6) is 0. The lowest BCUT2D eigenvalue weighted by atomic mass is 9.96. The van der Waals surface area contributed by atoms with Crippen LogP contribution < -0.4 is 0 Å². The van der Waals surface area contributed by atoms with Crippen LogP contribution >= 0.6 is 0 Å². The van der Waals surface area contributed by atoms with Gasteiger partial charge in [0, 0.05) is 26.9 Å². The molecule has 0 N–H and O–H groups in total. The van der Waals surface area contributed by atoms with Crippen LogP contribution in [0.25, 0.3) is 81.8 Å². The van der Waals surface area contributed by atoms with Crippen LogP contribution in [0.15, 0.2) is 114 Å². The number of benzene rings is 6. The number of nitrogens with zero attached hydrogens (tertiary/aromatic N) is 2. The van der Waals surface area contributed by atoms with Gasteiger partial charge in [-0.1, -0.05) is 72.8 Å². The van der Waals surface area contributed by atoms with Gasteiger partial charge in [0.1, 0.15) is 16.8 Å². The van der Waals surface area contributed by atoms with E-state index in [1.165, 1.54) is 37.7 Å². The maximum absolute atomic E-state index is 6.52. The van der Waals surface area contributed by atoms with Crippen molar-refractivity contribution in [3.63, 3.8) is 0 Å². The van der Waals surface area contributed by atoms with Crippen molar-refractivity contribution in [1.82, 2.24) is 9.38 Å². The fourth-order valence-electron chi connectivity index (χ4n) is 6.16. The fraction of sp³-hybridized carbons (Fsp3) is 0. The van der Waals surface area contributed by atoms with Crippen molar-refractivity contribution in [3.05, 3.63) is 109 Å². The lowest BCUT2D eigenvalue weighted by Crippen LogP contribution is -1.91. The van der Waals surface area contributed by atoms with E-state index in [0.717, 1.165) is 44.1 Å². The second kappa shape index (κ2) is 6.41. The van der Waals surface area contributed by atoms with Crippen molar-refractivity contribution in [3.8, 4) is 0 Å². The average molecular weight is 459 g/mol. The highest BCUT2D eigenvalue weighted by Crippen LogP contribution is 2.42. The van der Waals surface area contributed by atoms with Crippen molar-refractivity contribution >= 4 is 81.8 Å². The fourth-order valence-corrected chi connectivity index (χ4v) is 6.16. The summed E-state index contributed by atoms with van der Waals surface area (Å²) < 4.78 is 8.80. The molecule has 0 aliphatic heterocycles. The summed E-state index contributed by atoms with van der Waals surface area (Å²) in [7, 11) is 0. The van der Waals surface area contributed by atoms with E-state index in [4.69, 9.17) is 9.40 Å². The first-order valence-corrected chi connectivity index (χ1v) is 12.2. The highest BCUT2D eigenvalue weighted by Gasteiger charge is 2.18. The minimum atomic E-state index is 0.891. The van der Waals surface area contributed by atoms with Crippen LogP contribution in [0.2, 0.25) is 0 Å². The summed E-state index contributed by atoms with van der Waals surface area (Å²) in [6.07, 6.45) is 0. The minimum Gasteiger partial charge on any atom is -0.456 e. The molecule has 0 amide bonds. The Kier molecular flexibility index (Phi) is 3.28. The molecule has 0 spiro atoms. The van der Waals surface area contributed by atoms with Gasteiger partial charge in [0.25, 0.3) is 0 Å². The summed E-state index contributed by atoms with van der Waals surface area (Å²) in [6, 6.07) is 38.8. The van der Waals surface area contributed by atoms with Crippen LogP contribution in [0.3, 0.4) is 0 Å². The van der Waals surface area contributed by atoms with Gasteiger partial charge in [-0.25, -0.2) is 4.98 Å². The summed E-state index contributed by atoms with van der Waals surface area (Å²) in [6.45, 7) is 0. The Morgan fingerprint density at radius 3 is 2.19 bits per heavy atom. The van der Waals surface area contributed by atoms with E-state index in [-0.39, 0.29) is 0 Å². The van der Waals surface area contributed by atoms with E-state index in [1.54, 1.807) is 0 Å². The molecule has 0 aliphatic carbocycles. The van der Waals surface area contributed by atoms with E-state index in [0.29, 0.717) is 0 Å². The molecule has 3 heterocycles. The van der Waals surface area contributed by atoms with Crippen LogP contribution in [0, 0.1) is 0 Å². The van der Waals surface area contributed by atoms with Crippen molar-refractivity contribution in [1.29, 1.82) is 0 Å². The second-order valence-corrected chi connectivity index (χ2v) is 9.60. The number of imidazole rings is 1. The largest absolute Gasteiger partial charge is 0.456 e. The number of fused-ring (bicyclic) bond motifs is 15. The van der Waals surface area contributed by atoms with Gasteiger partial charge in [-0.05, 0) is 57.9 Å². The molecule has 0 aliphatic rings. The van der Waals surface area contributed by atoms with Gasteiger partial charge in [-0.3, -0.25) is 4.40 Å². The Bertz CT molecular complexity index is 2370. The number of furan rings is 1. The Morgan fingerprint density at radius 1 is 0.500 bits per heavy atom. The van der Waals surface area contributed by atoms with E-state index in [1.807, 2.05) is 6.07 Å². The topological polar surface area (TPSA) is 30.4 Å². The highest BCUT2D eigenvalue weighted by molar-refractivity contribution is 6.29. The number of rotatable bonds is 0. The maximum Gasteiger partial charge on any atom is 0.146 e. The van der Waals surface area contributed by atoms with Crippen LogP contribution in [0.5, 0.6) is 0 Å². The molecular weight excluding hydrogens is 440 g/mol.